The number of hydrogen-bond acceptors (Lipinski definition) is 3. The Kier molecular flexibility index (Phi) is 5.00. The fraction of sp³-hybridized carbons (Fsp3) is 0.947. The highest BCUT2D eigenvalue weighted by molar-refractivity contribution is 5.75. The van der Waals surface area contributed by atoms with Crippen molar-refractivity contribution in [3.63, 3.8) is 0 Å². The summed E-state index contributed by atoms with van der Waals surface area (Å²) in [5, 5.41) is 3.33. The van der Waals surface area contributed by atoms with Crippen LogP contribution in [0.5, 0.6) is 0 Å². The third kappa shape index (κ3) is 3.57. The molecule has 0 radical (unpaired) electrons. The molecule has 3 heterocycles. The van der Waals surface area contributed by atoms with E-state index in [1.807, 2.05) is 4.90 Å². The molecule has 1 spiro atoms. The molecular weight excluding hydrogens is 302 g/mol. The summed E-state index contributed by atoms with van der Waals surface area (Å²) >= 11 is 0. The number of ether oxygens (including phenoxy) is 1. The van der Waals surface area contributed by atoms with Crippen LogP contribution in [0.2, 0.25) is 0 Å². The molecule has 3 saturated heterocycles. The van der Waals surface area contributed by atoms with Gasteiger partial charge in [-0.1, -0.05) is 19.3 Å². The van der Waals surface area contributed by atoms with Crippen molar-refractivity contribution in [2.24, 2.45) is 0 Å². The number of amides is 2. The standard InChI is InChI=1S/C19H33N3O2/c23-18(22-12-6-17(15-22)21-10-4-5-11-21)20-16-7-13-24-19(14-16)8-2-1-3-9-19/h16-17H,1-15H2,(H,20,23)/t16-,17+/m1/s1. The topological polar surface area (TPSA) is 44.8 Å². The quantitative estimate of drug-likeness (QED) is 0.844. The minimum Gasteiger partial charge on any atom is -0.375 e. The Morgan fingerprint density at radius 3 is 2.58 bits per heavy atom. The van der Waals surface area contributed by atoms with Gasteiger partial charge in [-0.2, -0.15) is 0 Å². The highest BCUT2D eigenvalue weighted by atomic mass is 16.5. The number of carbonyl (C=O) groups excluding carboxylic acids is 1. The minimum atomic E-state index is 0.0670. The van der Waals surface area contributed by atoms with Gasteiger partial charge in [0.25, 0.3) is 0 Å². The SMILES string of the molecule is O=C(N[C@@H]1CCOC2(CCCCC2)C1)N1CC[C@H](N2CCCC2)C1. The Bertz CT molecular complexity index is 438. The van der Waals surface area contributed by atoms with Crippen LogP contribution in [0.15, 0.2) is 0 Å². The van der Waals surface area contributed by atoms with Crippen molar-refractivity contribution in [2.75, 3.05) is 32.8 Å². The van der Waals surface area contributed by atoms with Gasteiger partial charge in [0.2, 0.25) is 0 Å². The second-order valence-corrected chi connectivity index (χ2v) is 8.36. The lowest BCUT2D eigenvalue weighted by Crippen LogP contribution is -2.52. The maximum Gasteiger partial charge on any atom is 0.317 e. The molecule has 0 aromatic rings. The third-order valence-electron chi connectivity index (χ3n) is 6.69. The van der Waals surface area contributed by atoms with E-state index in [9.17, 15) is 4.79 Å². The number of nitrogens with one attached hydrogen (secondary N) is 1. The van der Waals surface area contributed by atoms with E-state index in [1.54, 1.807) is 0 Å². The summed E-state index contributed by atoms with van der Waals surface area (Å²) in [6, 6.07) is 1.06. The summed E-state index contributed by atoms with van der Waals surface area (Å²) in [6.07, 6.45) is 12.0. The smallest absolute Gasteiger partial charge is 0.317 e. The molecule has 24 heavy (non-hydrogen) atoms. The Balaban J connectivity index is 1.28. The first kappa shape index (κ1) is 16.6. The first-order chi connectivity index (χ1) is 11.7. The van der Waals surface area contributed by atoms with Gasteiger partial charge in [-0.25, -0.2) is 4.79 Å². The van der Waals surface area contributed by atoms with Gasteiger partial charge < -0.3 is 15.0 Å². The van der Waals surface area contributed by atoms with Gasteiger partial charge in [-0.15, -0.1) is 0 Å². The number of nitrogens with zero attached hydrogens (tertiary/aromatic N) is 2. The summed E-state index contributed by atoms with van der Waals surface area (Å²) in [5.41, 5.74) is 0.0670. The summed E-state index contributed by atoms with van der Waals surface area (Å²) in [5.74, 6) is 0. The monoisotopic (exact) mass is 335 g/mol. The molecule has 5 heteroatoms. The maximum atomic E-state index is 12.7. The molecule has 4 fully saturated rings. The van der Waals surface area contributed by atoms with Crippen LogP contribution < -0.4 is 5.32 Å². The van der Waals surface area contributed by atoms with Crippen LogP contribution in [0.3, 0.4) is 0 Å². The zero-order valence-electron chi connectivity index (χ0n) is 15.0. The largest absolute Gasteiger partial charge is 0.375 e. The highest BCUT2D eigenvalue weighted by Gasteiger charge is 2.40. The molecule has 2 amide bonds. The highest BCUT2D eigenvalue weighted by Crippen LogP contribution is 2.38. The van der Waals surface area contributed by atoms with Gasteiger partial charge >= 0.3 is 6.03 Å². The van der Waals surface area contributed by atoms with E-state index in [1.165, 1.54) is 58.0 Å². The van der Waals surface area contributed by atoms with Gasteiger partial charge in [-0.3, -0.25) is 4.90 Å². The zero-order valence-corrected chi connectivity index (χ0v) is 15.0. The maximum absolute atomic E-state index is 12.7. The second-order valence-electron chi connectivity index (χ2n) is 8.36. The normalized spacial score (nSPS) is 33.9. The van der Waals surface area contributed by atoms with Crippen LogP contribution in [0.4, 0.5) is 4.79 Å². The first-order valence-corrected chi connectivity index (χ1v) is 10.2. The molecule has 5 nitrogen and oxygen atoms in total. The van der Waals surface area contributed by atoms with Crippen molar-refractivity contribution in [2.45, 2.75) is 81.9 Å². The van der Waals surface area contributed by atoms with Crippen molar-refractivity contribution in [3.8, 4) is 0 Å². The summed E-state index contributed by atoms with van der Waals surface area (Å²) < 4.78 is 6.16. The van der Waals surface area contributed by atoms with Crippen LogP contribution in [-0.4, -0.2) is 66.3 Å². The van der Waals surface area contributed by atoms with Gasteiger partial charge in [0, 0.05) is 31.8 Å². The molecule has 3 aliphatic heterocycles. The van der Waals surface area contributed by atoms with Gasteiger partial charge in [0.15, 0.2) is 0 Å². The molecule has 0 aromatic carbocycles. The number of rotatable bonds is 2. The van der Waals surface area contributed by atoms with Crippen LogP contribution in [0.1, 0.15) is 64.2 Å². The Morgan fingerprint density at radius 1 is 1.00 bits per heavy atom. The average Bonchev–Trinajstić information content (AvgIpc) is 3.27. The van der Waals surface area contributed by atoms with Crippen LogP contribution in [-0.2, 0) is 4.74 Å². The molecular formula is C19H33N3O2. The predicted molar refractivity (Wildman–Crippen MR) is 94.1 cm³/mol. The van der Waals surface area contributed by atoms with E-state index < -0.39 is 0 Å². The van der Waals surface area contributed by atoms with E-state index >= 15 is 0 Å². The van der Waals surface area contributed by atoms with Crippen molar-refractivity contribution in [1.82, 2.24) is 15.1 Å². The average molecular weight is 335 g/mol. The Hall–Kier alpha value is -0.810. The van der Waals surface area contributed by atoms with Gasteiger partial charge in [-0.05, 0) is 58.0 Å². The molecule has 1 aliphatic carbocycles. The molecule has 4 rings (SSSR count). The first-order valence-electron chi connectivity index (χ1n) is 10.2. The fourth-order valence-electron chi connectivity index (χ4n) is 5.29. The van der Waals surface area contributed by atoms with E-state index in [0.29, 0.717) is 12.1 Å². The van der Waals surface area contributed by atoms with Crippen LogP contribution >= 0.6 is 0 Å². The minimum absolute atomic E-state index is 0.0670. The molecule has 2 atom stereocenters. The lowest BCUT2D eigenvalue weighted by atomic mass is 9.78. The zero-order chi connectivity index (χ0) is 16.4. The second kappa shape index (κ2) is 7.20. The van der Waals surface area contributed by atoms with Crippen LogP contribution in [0.25, 0.3) is 0 Å². The number of likely N-dealkylation sites (tertiary alicyclic amines) is 2. The molecule has 1 N–H and O–H groups in total. The van der Waals surface area contributed by atoms with E-state index in [4.69, 9.17) is 4.74 Å². The third-order valence-corrected chi connectivity index (χ3v) is 6.69. The van der Waals surface area contributed by atoms with Crippen molar-refractivity contribution in [3.05, 3.63) is 0 Å². The van der Waals surface area contributed by atoms with Gasteiger partial charge in [0.1, 0.15) is 0 Å². The van der Waals surface area contributed by atoms with Crippen molar-refractivity contribution >= 4 is 6.03 Å². The number of urea groups is 1. The van der Waals surface area contributed by atoms with E-state index in [0.717, 1.165) is 39.0 Å². The lowest BCUT2D eigenvalue weighted by molar-refractivity contribution is -0.108. The summed E-state index contributed by atoms with van der Waals surface area (Å²) in [6.45, 7) is 5.09. The van der Waals surface area contributed by atoms with E-state index in [-0.39, 0.29) is 11.6 Å². The summed E-state index contributed by atoms with van der Waals surface area (Å²) in [7, 11) is 0. The Morgan fingerprint density at radius 2 is 1.79 bits per heavy atom. The molecule has 0 unspecified atom stereocenters. The Labute approximate surface area is 146 Å². The van der Waals surface area contributed by atoms with Crippen LogP contribution in [0, 0.1) is 0 Å². The fourth-order valence-corrected chi connectivity index (χ4v) is 5.29. The molecule has 0 aromatic heterocycles. The van der Waals surface area contributed by atoms with Crippen molar-refractivity contribution < 1.29 is 9.53 Å². The van der Waals surface area contributed by atoms with Crippen molar-refractivity contribution in [1.29, 1.82) is 0 Å². The van der Waals surface area contributed by atoms with E-state index in [2.05, 4.69) is 10.2 Å². The summed E-state index contributed by atoms with van der Waals surface area (Å²) in [4.78, 5) is 17.3. The van der Waals surface area contributed by atoms with Gasteiger partial charge in [0.05, 0.1) is 5.60 Å². The molecule has 4 aliphatic rings. The molecule has 1 saturated carbocycles. The molecule has 0 bridgehead atoms. The molecule has 136 valence electrons. The number of carbonyl (C=O) groups is 1. The predicted octanol–water partition coefficient (Wildman–Crippen LogP) is 2.75. The lowest BCUT2D eigenvalue weighted by Gasteiger charge is -2.43. The number of hydrogen-bond donors (Lipinski definition) is 1.